The third-order valence-corrected chi connectivity index (χ3v) is 3.67. The topological polar surface area (TPSA) is 12.0 Å². The standard InChI is InChI=1S/C10H11Cl4N.Zr/c1-5(2)15-4-6-3-7(11)9(13)10(14)8(6)12;/h3,5,15H,4H2,1-2H3;. The average Bonchev–Trinajstić information content (AvgIpc) is 2.18. The second-order valence-electron chi connectivity index (χ2n) is 3.50. The Morgan fingerprint density at radius 3 is 2.12 bits per heavy atom. The molecule has 0 aliphatic rings. The fraction of sp³-hybridized carbons (Fsp3) is 0.400. The molecular weight excluding hydrogens is 367 g/mol. The molecule has 0 bridgehead atoms. The van der Waals surface area contributed by atoms with Gasteiger partial charge >= 0.3 is 0 Å². The van der Waals surface area contributed by atoms with Crippen molar-refractivity contribution in [2.45, 2.75) is 26.4 Å². The zero-order chi connectivity index (χ0) is 11.6. The molecule has 0 spiro atoms. The van der Waals surface area contributed by atoms with Crippen LogP contribution < -0.4 is 5.32 Å². The van der Waals surface area contributed by atoms with Gasteiger partial charge in [0.2, 0.25) is 0 Å². The van der Waals surface area contributed by atoms with Crippen LogP contribution in [0.15, 0.2) is 6.07 Å². The normalized spacial score (nSPS) is 10.4. The van der Waals surface area contributed by atoms with Gasteiger partial charge in [-0.05, 0) is 11.6 Å². The molecule has 16 heavy (non-hydrogen) atoms. The zero-order valence-corrected chi connectivity index (χ0v) is 14.4. The van der Waals surface area contributed by atoms with E-state index in [1.807, 2.05) is 13.8 Å². The maximum atomic E-state index is 6.04. The summed E-state index contributed by atoms with van der Waals surface area (Å²) in [5.41, 5.74) is 0.852. The Morgan fingerprint density at radius 1 is 1.06 bits per heavy atom. The number of benzene rings is 1. The number of nitrogens with one attached hydrogen (secondary N) is 1. The van der Waals surface area contributed by atoms with Crippen LogP contribution in [0.1, 0.15) is 19.4 Å². The Morgan fingerprint density at radius 2 is 1.62 bits per heavy atom. The van der Waals surface area contributed by atoms with Gasteiger partial charge in [0.25, 0.3) is 0 Å². The molecule has 0 amide bonds. The van der Waals surface area contributed by atoms with Gasteiger partial charge in [-0.15, -0.1) is 0 Å². The predicted molar refractivity (Wildman–Crippen MR) is 68.5 cm³/mol. The summed E-state index contributed by atoms with van der Waals surface area (Å²) in [6.45, 7) is 4.72. The van der Waals surface area contributed by atoms with Crippen molar-refractivity contribution in [2.75, 3.05) is 0 Å². The van der Waals surface area contributed by atoms with Crippen molar-refractivity contribution in [1.82, 2.24) is 5.32 Å². The summed E-state index contributed by atoms with van der Waals surface area (Å²) in [6, 6.07) is 2.10. The van der Waals surface area contributed by atoms with Crippen molar-refractivity contribution >= 4 is 46.4 Å². The van der Waals surface area contributed by atoms with E-state index < -0.39 is 0 Å². The van der Waals surface area contributed by atoms with Gasteiger partial charge in [-0.25, -0.2) is 0 Å². The Hall–Kier alpha value is 1.22. The van der Waals surface area contributed by atoms with E-state index in [0.29, 0.717) is 32.7 Å². The van der Waals surface area contributed by atoms with E-state index in [4.69, 9.17) is 46.4 Å². The molecule has 1 N–H and O–H groups in total. The molecular formula is C10H11Cl4NZr. The van der Waals surface area contributed by atoms with Gasteiger partial charge in [0, 0.05) is 38.8 Å². The fourth-order valence-electron chi connectivity index (χ4n) is 1.06. The molecule has 1 aromatic rings. The molecule has 1 nitrogen and oxygen atoms in total. The number of hydrogen-bond acceptors (Lipinski definition) is 1. The van der Waals surface area contributed by atoms with Crippen LogP contribution >= 0.6 is 46.4 Å². The second-order valence-corrected chi connectivity index (χ2v) is 5.04. The zero-order valence-electron chi connectivity index (χ0n) is 8.87. The van der Waals surface area contributed by atoms with E-state index in [1.165, 1.54) is 0 Å². The summed E-state index contributed by atoms with van der Waals surface area (Å²) < 4.78 is 0. The minimum atomic E-state index is 0. The van der Waals surface area contributed by atoms with Crippen LogP contribution in [-0.4, -0.2) is 6.04 Å². The first-order valence-electron chi connectivity index (χ1n) is 4.48. The molecule has 0 saturated heterocycles. The summed E-state index contributed by atoms with van der Waals surface area (Å²) in [7, 11) is 0. The molecule has 0 unspecified atom stereocenters. The molecule has 0 radical (unpaired) electrons. The van der Waals surface area contributed by atoms with E-state index >= 15 is 0 Å². The van der Waals surface area contributed by atoms with E-state index in [-0.39, 0.29) is 26.2 Å². The fourth-order valence-corrected chi connectivity index (χ4v) is 1.98. The summed E-state index contributed by atoms with van der Waals surface area (Å²) in [6.07, 6.45) is 0. The van der Waals surface area contributed by atoms with Gasteiger partial charge in [-0.2, -0.15) is 0 Å². The molecule has 6 heteroatoms. The smallest absolute Gasteiger partial charge is 0.0797 e. The maximum Gasteiger partial charge on any atom is 0.0797 e. The summed E-state index contributed by atoms with van der Waals surface area (Å²) in [5.74, 6) is 0. The van der Waals surface area contributed by atoms with Crippen molar-refractivity contribution in [3.63, 3.8) is 0 Å². The average molecular weight is 378 g/mol. The number of halogens is 4. The van der Waals surface area contributed by atoms with Gasteiger partial charge < -0.3 is 5.32 Å². The van der Waals surface area contributed by atoms with E-state index in [0.717, 1.165) is 5.56 Å². The first kappa shape index (κ1) is 17.2. The Bertz CT molecular complexity index is 368. The Labute approximate surface area is 135 Å². The van der Waals surface area contributed by atoms with Crippen LogP contribution in [0.4, 0.5) is 0 Å². The Balaban J connectivity index is 0.00000225. The molecule has 0 atom stereocenters. The minimum absolute atomic E-state index is 0. The molecule has 0 saturated carbocycles. The van der Waals surface area contributed by atoms with Crippen LogP contribution in [0.2, 0.25) is 20.1 Å². The van der Waals surface area contributed by atoms with Crippen molar-refractivity contribution < 1.29 is 26.2 Å². The third-order valence-electron chi connectivity index (χ3n) is 1.88. The SMILES string of the molecule is CC(C)NCc1cc(Cl)c(Cl)c(Cl)c1Cl.[Zr]. The van der Waals surface area contributed by atoms with Crippen LogP contribution in [0.5, 0.6) is 0 Å². The molecule has 1 aromatic carbocycles. The molecule has 0 fully saturated rings. The van der Waals surface area contributed by atoms with Gasteiger partial charge in [0.15, 0.2) is 0 Å². The van der Waals surface area contributed by atoms with Crippen molar-refractivity contribution in [1.29, 1.82) is 0 Å². The molecule has 0 heterocycles. The summed E-state index contributed by atoms with van der Waals surface area (Å²) >= 11 is 23.7. The molecule has 1 rings (SSSR count). The third kappa shape index (κ3) is 4.48. The van der Waals surface area contributed by atoms with E-state index in [9.17, 15) is 0 Å². The van der Waals surface area contributed by atoms with Crippen molar-refractivity contribution in [3.8, 4) is 0 Å². The quantitative estimate of drug-likeness (QED) is 0.589. The Kier molecular flexibility index (Phi) is 8.19. The predicted octanol–water partition coefficient (Wildman–Crippen LogP) is 4.80. The van der Waals surface area contributed by atoms with Gasteiger partial charge in [-0.1, -0.05) is 60.3 Å². The largest absolute Gasteiger partial charge is 0.310 e. The summed E-state index contributed by atoms with van der Waals surface area (Å²) in [5, 5.41) is 4.73. The van der Waals surface area contributed by atoms with Gasteiger partial charge in [0.05, 0.1) is 20.1 Å². The van der Waals surface area contributed by atoms with E-state index in [1.54, 1.807) is 6.07 Å². The van der Waals surface area contributed by atoms with Crippen LogP contribution in [0.25, 0.3) is 0 Å². The first-order valence-corrected chi connectivity index (χ1v) is 6.00. The number of rotatable bonds is 3. The molecule has 0 aliphatic carbocycles. The number of hydrogen-bond donors (Lipinski definition) is 1. The van der Waals surface area contributed by atoms with Gasteiger partial charge in [-0.3, -0.25) is 0 Å². The molecule has 0 aliphatic heterocycles. The minimum Gasteiger partial charge on any atom is -0.310 e. The maximum absolute atomic E-state index is 6.04. The van der Waals surface area contributed by atoms with Crippen LogP contribution in [0.3, 0.4) is 0 Å². The molecule has 88 valence electrons. The first-order chi connectivity index (χ1) is 6.93. The van der Waals surface area contributed by atoms with Crippen LogP contribution in [-0.2, 0) is 32.7 Å². The summed E-state index contributed by atoms with van der Waals surface area (Å²) in [4.78, 5) is 0. The second kappa shape index (κ2) is 7.61. The van der Waals surface area contributed by atoms with Crippen molar-refractivity contribution in [3.05, 3.63) is 31.7 Å². The van der Waals surface area contributed by atoms with Crippen molar-refractivity contribution in [2.24, 2.45) is 0 Å². The molecule has 0 aromatic heterocycles. The van der Waals surface area contributed by atoms with E-state index in [2.05, 4.69) is 5.32 Å². The van der Waals surface area contributed by atoms with Gasteiger partial charge in [0.1, 0.15) is 0 Å². The van der Waals surface area contributed by atoms with Crippen LogP contribution in [0, 0.1) is 0 Å². The monoisotopic (exact) mass is 375 g/mol.